The Bertz CT molecular complexity index is 701. The van der Waals surface area contributed by atoms with Crippen LogP contribution in [0.5, 0.6) is 0 Å². The summed E-state index contributed by atoms with van der Waals surface area (Å²) in [7, 11) is 0. The van der Waals surface area contributed by atoms with Gasteiger partial charge in [0, 0.05) is 30.5 Å². The lowest BCUT2D eigenvalue weighted by Crippen LogP contribution is -2.46. The van der Waals surface area contributed by atoms with Crippen LogP contribution >= 0.6 is 11.6 Å². The predicted octanol–water partition coefficient (Wildman–Crippen LogP) is 3.90. The molecule has 1 aromatic heterocycles. The van der Waals surface area contributed by atoms with Gasteiger partial charge in [-0.15, -0.1) is 0 Å². The lowest BCUT2D eigenvalue weighted by molar-refractivity contribution is 0.0164. The van der Waals surface area contributed by atoms with Gasteiger partial charge in [-0.3, -0.25) is 9.78 Å². The number of hydrogen-bond donors (Lipinski definition) is 0. The van der Waals surface area contributed by atoms with Gasteiger partial charge in [-0.1, -0.05) is 11.6 Å². The Labute approximate surface area is 147 Å². The van der Waals surface area contributed by atoms with E-state index in [0.29, 0.717) is 30.1 Å². The number of rotatable bonds is 0. The number of carbonyl (C=O) groups is 2. The molecule has 1 aromatic rings. The second-order valence-electron chi connectivity index (χ2n) is 7.80. The summed E-state index contributed by atoms with van der Waals surface area (Å²) in [5.74, 6) is 0.102. The topological polar surface area (TPSA) is 59.5 Å². The highest BCUT2D eigenvalue weighted by Gasteiger charge is 2.47. The van der Waals surface area contributed by atoms with Crippen LogP contribution in [-0.2, 0) is 10.2 Å². The number of ether oxygens (including phenoxy) is 1. The molecular formula is C18H23ClN2O3. The van der Waals surface area contributed by atoms with Gasteiger partial charge in [0.15, 0.2) is 5.78 Å². The number of pyridine rings is 1. The van der Waals surface area contributed by atoms with Gasteiger partial charge in [-0.25, -0.2) is 4.79 Å². The molecule has 0 saturated carbocycles. The van der Waals surface area contributed by atoms with Crippen LogP contribution in [-0.4, -0.2) is 40.5 Å². The van der Waals surface area contributed by atoms with Crippen molar-refractivity contribution in [2.45, 2.75) is 58.0 Å². The van der Waals surface area contributed by atoms with E-state index in [1.165, 1.54) is 0 Å². The van der Waals surface area contributed by atoms with Crippen LogP contribution in [0.4, 0.5) is 4.79 Å². The zero-order chi connectivity index (χ0) is 17.7. The molecule has 130 valence electrons. The van der Waals surface area contributed by atoms with E-state index in [0.717, 1.165) is 24.2 Å². The van der Waals surface area contributed by atoms with E-state index in [9.17, 15) is 9.59 Å². The molecule has 0 bridgehead atoms. The molecule has 0 unspecified atom stereocenters. The van der Waals surface area contributed by atoms with Gasteiger partial charge in [-0.05, 0) is 46.6 Å². The fourth-order valence-electron chi connectivity index (χ4n) is 3.54. The predicted molar refractivity (Wildman–Crippen MR) is 91.7 cm³/mol. The minimum atomic E-state index is -0.502. The molecule has 5 nitrogen and oxygen atoms in total. The van der Waals surface area contributed by atoms with E-state index < -0.39 is 5.60 Å². The minimum Gasteiger partial charge on any atom is -0.444 e. The molecule has 1 amide bonds. The molecule has 24 heavy (non-hydrogen) atoms. The largest absolute Gasteiger partial charge is 0.444 e. The summed E-state index contributed by atoms with van der Waals surface area (Å²) in [6, 6.07) is 1.75. The standard InChI is InChI=1S/C18H23ClN2O3/c1-11-13(19)9-12-14(22)10-18(15(12)20-11)5-7-21(8-6-18)16(23)24-17(2,3)4/h9H,5-8,10H2,1-4H3. The first kappa shape index (κ1) is 17.2. The summed E-state index contributed by atoms with van der Waals surface area (Å²) in [5, 5.41) is 0.533. The number of piperidine rings is 1. The lowest BCUT2D eigenvalue weighted by Gasteiger charge is -2.39. The number of nitrogens with zero attached hydrogens (tertiary/aromatic N) is 2. The van der Waals surface area contributed by atoms with Crippen molar-refractivity contribution < 1.29 is 14.3 Å². The Hall–Kier alpha value is -1.62. The van der Waals surface area contributed by atoms with Gasteiger partial charge in [0.05, 0.1) is 16.4 Å². The summed E-state index contributed by atoms with van der Waals surface area (Å²) in [5.41, 5.74) is 1.49. The molecule has 1 spiro atoms. The van der Waals surface area contributed by atoms with Crippen LogP contribution in [0.15, 0.2) is 6.07 Å². The molecule has 1 fully saturated rings. The van der Waals surface area contributed by atoms with Crippen molar-refractivity contribution in [1.29, 1.82) is 0 Å². The molecule has 0 radical (unpaired) electrons. The van der Waals surface area contributed by atoms with Crippen LogP contribution in [0.2, 0.25) is 5.02 Å². The van der Waals surface area contributed by atoms with Crippen LogP contribution in [0, 0.1) is 6.92 Å². The summed E-state index contributed by atoms with van der Waals surface area (Å²) in [6.07, 6.45) is 1.61. The zero-order valence-corrected chi connectivity index (χ0v) is 15.4. The minimum absolute atomic E-state index is 0.102. The SMILES string of the molecule is Cc1nc2c(cc1Cl)C(=O)CC21CCN(C(=O)OC(C)(C)C)CC1. The maximum absolute atomic E-state index is 12.4. The van der Waals surface area contributed by atoms with E-state index in [4.69, 9.17) is 16.3 Å². The van der Waals surface area contributed by atoms with Crippen molar-refractivity contribution in [3.63, 3.8) is 0 Å². The second kappa shape index (κ2) is 5.73. The van der Waals surface area contributed by atoms with E-state index in [2.05, 4.69) is 4.98 Å². The molecule has 1 aliphatic carbocycles. The number of Topliss-reactive ketones (excluding diaryl/α,β-unsaturated/α-hetero) is 1. The third-order valence-corrected chi connectivity index (χ3v) is 5.21. The normalized spacial score (nSPS) is 19.5. The number of hydrogen-bond acceptors (Lipinski definition) is 4. The Kier molecular flexibility index (Phi) is 4.11. The van der Waals surface area contributed by atoms with E-state index >= 15 is 0 Å². The maximum Gasteiger partial charge on any atom is 0.410 e. The lowest BCUT2D eigenvalue weighted by atomic mass is 9.76. The van der Waals surface area contributed by atoms with Crippen molar-refractivity contribution >= 4 is 23.5 Å². The number of aryl methyl sites for hydroxylation is 1. The van der Waals surface area contributed by atoms with Crippen molar-refractivity contribution in [2.24, 2.45) is 0 Å². The molecular weight excluding hydrogens is 328 g/mol. The summed E-state index contributed by atoms with van der Waals surface area (Å²) in [4.78, 5) is 31.0. The molecule has 1 saturated heterocycles. The molecule has 0 atom stereocenters. The van der Waals surface area contributed by atoms with E-state index in [1.807, 2.05) is 27.7 Å². The molecule has 1 aliphatic heterocycles. The third-order valence-electron chi connectivity index (χ3n) is 4.83. The Balaban J connectivity index is 1.79. The van der Waals surface area contributed by atoms with Crippen LogP contribution in [0.3, 0.4) is 0 Å². The zero-order valence-electron chi connectivity index (χ0n) is 14.6. The van der Waals surface area contributed by atoms with Gasteiger partial charge in [-0.2, -0.15) is 0 Å². The van der Waals surface area contributed by atoms with E-state index in [1.54, 1.807) is 11.0 Å². The summed E-state index contributed by atoms with van der Waals surface area (Å²) in [6.45, 7) is 8.58. The average Bonchev–Trinajstić information content (AvgIpc) is 2.71. The molecule has 2 aliphatic rings. The number of carbonyl (C=O) groups excluding carboxylic acids is 2. The molecule has 0 N–H and O–H groups in total. The first-order valence-corrected chi connectivity index (χ1v) is 8.68. The average molecular weight is 351 g/mol. The van der Waals surface area contributed by atoms with Gasteiger partial charge in [0.2, 0.25) is 0 Å². The number of halogens is 1. The van der Waals surface area contributed by atoms with Gasteiger partial charge >= 0.3 is 6.09 Å². The second-order valence-corrected chi connectivity index (χ2v) is 8.21. The first-order valence-electron chi connectivity index (χ1n) is 8.30. The smallest absolute Gasteiger partial charge is 0.410 e. The Morgan fingerprint density at radius 2 is 1.96 bits per heavy atom. The van der Waals surface area contributed by atoms with Crippen molar-refractivity contribution in [3.05, 3.63) is 28.0 Å². The third kappa shape index (κ3) is 3.02. The highest BCUT2D eigenvalue weighted by molar-refractivity contribution is 6.31. The van der Waals surface area contributed by atoms with Gasteiger partial charge in [0.25, 0.3) is 0 Å². The molecule has 3 rings (SSSR count). The number of fused-ring (bicyclic) bond motifs is 2. The Morgan fingerprint density at radius 1 is 1.33 bits per heavy atom. The van der Waals surface area contributed by atoms with Crippen LogP contribution in [0.25, 0.3) is 0 Å². The number of likely N-dealkylation sites (tertiary alicyclic amines) is 1. The first-order chi connectivity index (χ1) is 11.1. The fraction of sp³-hybridized carbons (Fsp3) is 0.611. The number of aromatic nitrogens is 1. The van der Waals surface area contributed by atoms with Crippen molar-refractivity contribution in [1.82, 2.24) is 9.88 Å². The fourth-order valence-corrected chi connectivity index (χ4v) is 3.69. The van der Waals surface area contributed by atoms with E-state index in [-0.39, 0.29) is 17.3 Å². The highest BCUT2D eigenvalue weighted by atomic mass is 35.5. The number of amides is 1. The van der Waals surface area contributed by atoms with Gasteiger partial charge in [0.1, 0.15) is 5.60 Å². The Morgan fingerprint density at radius 3 is 2.54 bits per heavy atom. The molecule has 2 heterocycles. The van der Waals surface area contributed by atoms with Crippen LogP contribution in [0.1, 0.15) is 61.8 Å². The summed E-state index contributed by atoms with van der Waals surface area (Å²) >= 11 is 6.13. The molecule has 0 aromatic carbocycles. The van der Waals surface area contributed by atoms with Crippen molar-refractivity contribution in [2.75, 3.05) is 13.1 Å². The monoisotopic (exact) mass is 350 g/mol. The quantitative estimate of drug-likeness (QED) is 0.712. The highest BCUT2D eigenvalue weighted by Crippen LogP contribution is 2.46. The maximum atomic E-state index is 12.4. The number of ketones is 1. The van der Waals surface area contributed by atoms with Crippen molar-refractivity contribution in [3.8, 4) is 0 Å². The van der Waals surface area contributed by atoms with Crippen LogP contribution < -0.4 is 0 Å². The molecule has 6 heteroatoms. The summed E-state index contributed by atoms with van der Waals surface area (Å²) < 4.78 is 5.44. The van der Waals surface area contributed by atoms with Gasteiger partial charge < -0.3 is 9.64 Å².